The van der Waals surface area contributed by atoms with Gasteiger partial charge in [0.2, 0.25) is 0 Å². The van der Waals surface area contributed by atoms with Crippen LogP contribution in [-0.4, -0.2) is 4.57 Å². The van der Waals surface area contributed by atoms with Crippen molar-refractivity contribution >= 4 is 55.6 Å². The predicted molar refractivity (Wildman–Crippen MR) is 234 cm³/mol. The molecule has 2 nitrogen and oxygen atoms in total. The molecular formula is C52H34N2S. The summed E-state index contributed by atoms with van der Waals surface area (Å²) in [5, 5.41) is 10.0. The van der Waals surface area contributed by atoms with Crippen molar-refractivity contribution in [2.75, 3.05) is 5.32 Å². The Bertz CT molecular complexity index is 3100. The third-order valence-electron chi connectivity index (χ3n) is 10.9. The van der Waals surface area contributed by atoms with Gasteiger partial charge in [-0.05, 0) is 116 Å². The average Bonchev–Trinajstić information content (AvgIpc) is 3.63. The number of benzene rings is 9. The second kappa shape index (κ2) is 12.9. The average molecular weight is 719 g/mol. The normalized spacial score (nSPS) is 11.9. The van der Waals surface area contributed by atoms with Crippen LogP contribution >= 0.6 is 11.8 Å². The van der Waals surface area contributed by atoms with Gasteiger partial charge in [0.15, 0.2) is 0 Å². The molecule has 9 aromatic carbocycles. The van der Waals surface area contributed by atoms with Crippen LogP contribution in [-0.2, 0) is 0 Å². The van der Waals surface area contributed by atoms with Crippen LogP contribution in [0.3, 0.4) is 0 Å². The molecule has 11 rings (SSSR count). The van der Waals surface area contributed by atoms with Crippen molar-refractivity contribution in [1.82, 2.24) is 4.57 Å². The molecule has 258 valence electrons. The van der Waals surface area contributed by atoms with E-state index in [4.69, 9.17) is 0 Å². The maximum Gasteiger partial charge on any atom is 0.0675 e. The lowest BCUT2D eigenvalue weighted by Crippen LogP contribution is -2.00. The first kappa shape index (κ1) is 31.7. The first-order valence-electron chi connectivity index (χ1n) is 18.7. The Hall–Kier alpha value is -6.81. The summed E-state index contributed by atoms with van der Waals surface area (Å²) in [6, 6.07) is 70.6. The molecular weight excluding hydrogens is 685 g/mol. The highest BCUT2D eigenvalue weighted by Gasteiger charge is 2.26. The van der Waals surface area contributed by atoms with E-state index in [9.17, 15) is 0 Å². The number of nitrogens with one attached hydrogen (secondary N) is 1. The second-order valence-corrected chi connectivity index (χ2v) is 15.4. The molecule has 0 aliphatic carbocycles. The van der Waals surface area contributed by atoms with Crippen molar-refractivity contribution in [3.8, 4) is 50.2 Å². The van der Waals surface area contributed by atoms with Crippen LogP contribution in [0.15, 0.2) is 210 Å². The topological polar surface area (TPSA) is 17.0 Å². The number of anilines is 2. The highest BCUT2D eigenvalue weighted by atomic mass is 32.2. The number of hydrogen-bond donors (Lipinski definition) is 1. The Morgan fingerprint density at radius 2 is 1.04 bits per heavy atom. The van der Waals surface area contributed by atoms with Gasteiger partial charge in [-0.1, -0.05) is 145 Å². The molecule has 10 aromatic rings. The van der Waals surface area contributed by atoms with Gasteiger partial charge >= 0.3 is 0 Å². The first-order chi connectivity index (χ1) is 27.2. The van der Waals surface area contributed by atoms with E-state index in [0.717, 1.165) is 11.4 Å². The highest BCUT2D eigenvalue weighted by molar-refractivity contribution is 7.99. The molecule has 0 saturated heterocycles. The van der Waals surface area contributed by atoms with E-state index >= 15 is 0 Å². The van der Waals surface area contributed by atoms with Gasteiger partial charge in [-0.2, -0.15) is 0 Å². The third-order valence-corrected chi connectivity index (χ3v) is 12.0. The lowest BCUT2D eigenvalue weighted by atomic mass is 9.90. The number of nitrogens with zero attached hydrogens (tertiary/aromatic N) is 1. The fourth-order valence-corrected chi connectivity index (χ4v) is 9.43. The number of para-hydroxylation sites is 2. The largest absolute Gasteiger partial charge is 0.355 e. The molecule has 0 radical (unpaired) electrons. The quantitative estimate of drug-likeness (QED) is 0.184. The minimum absolute atomic E-state index is 1.06. The zero-order valence-corrected chi connectivity index (χ0v) is 30.7. The van der Waals surface area contributed by atoms with E-state index < -0.39 is 0 Å². The van der Waals surface area contributed by atoms with Gasteiger partial charge in [-0.3, -0.25) is 0 Å². The SMILES string of the molecule is c1ccc(Nc2cccc(-c3ccc4ccccc4c3)c2-c2cn3c4c(cc(-c5cccc(-c6ccc7ccccc7c6)c5)cc24)Sc2ccccc2-3)cc1. The monoisotopic (exact) mass is 718 g/mol. The lowest BCUT2D eigenvalue weighted by Gasteiger charge is -2.20. The van der Waals surface area contributed by atoms with Gasteiger partial charge in [0.25, 0.3) is 0 Å². The number of fused-ring (bicyclic) bond motifs is 4. The van der Waals surface area contributed by atoms with Crippen LogP contribution in [0.5, 0.6) is 0 Å². The third kappa shape index (κ3) is 5.51. The second-order valence-electron chi connectivity index (χ2n) is 14.3. The zero-order valence-electron chi connectivity index (χ0n) is 29.9. The van der Waals surface area contributed by atoms with E-state index in [-0.39, 0.29) is 0 Å². The van der Waals surface area contributed by atoms with E-state index in [0.29, 0.717) is 0 Å². The summed E-state index contributed by atoms with van der Waals surface area (Å²) in [6.07, 6.45) is 2.37. The van der Waals surface area contributed by atoms with Crippen LogP contribution in [0, 0.1) is 0 Å². The van der Waals surface area contributed by atoms with Crippen molar-refractivity contribution in [3.63, 3.8) is 0 Å². The van der Waals surface area contributed by atoms with Crippen molar-refractivity contribution in [2.24, 2.45) is 0 Å². The molecule has 55 heavy (non-hydrogen) atoms. The summed E-state index contributed by atoms with van der Waals surface area (Å²) in [5.74, 6) is 0. The van der Waals surface area contributed by atoms with E-state index in [1.807, 2.05) is 11.8 Å². The van der Waals surface area contributed by atoms with Gasteiger partial charge < -0.3 is 9.88 Å². The Morgan fingerprint density at radius 1 is 0.400 bits per heavy atom. The standard InChI is InChI=1S/C52H34N2S/c1-2-18-43(19-3-1)53-47-21-11-20-44(41-27-25-35-13-5-7-15-37(35)30-41)51(47)46-33-54-48-22-8-9-23-49(48)55-50-32-42(31-45(46)52(50)54)39-17-10-16-38(29-39)40-26-24-34-12-4-6-14-36(34)28-40/h1-33,53H. The Kier molecular flexibility index (Phi) is 7.46. The Morgan fingerprint density at radius 3 is 1.84 bits per heavy atom. The van der Waals surface area contributed by atoms with E-state index in [1.165, 1.54) is 92.4 Å². The van der Waals surface area contributed by atoms with Crippen LogP contribution in [0.1, 0.15) is 0 Å². The molecule has 1 aliphatic rings. The van der Waals surface area contributed by atoms with Gasteiger partial charge in [-0.15, -0.1) is 0 Å². The minimum atomic E-state index is 1.06. The Labute approximate surface area is 324 Å². The molecule has 0 bridgehead atoms. The van der Waals surface area contributed by atoms with Crippen molar-refractivity contribution in [2.45, 2.75) is 9.79 Å². The van der Waals surface area contributed by atoms with Gasteiger partial charge in [-0.25, -0.2) is 0 Å². The number of aromatic nitrogens is 1. The molecule has 0 saturated carbocycles. The van der Waals surface area contributed by atoms with Gasteiger partial charge in [0, 0.05) is 43.9 Å². The maximum atomic E-state index is 3.83. The Balaban J connectivity index is 1.16. The highest BCUT2D eigenvalue weighted by Crippen LogP contribution is 2.51. The minimum Gasteiger partial charge on any atom is -0.355 e. The van der Waals surface area contributed by atoms with Gasteiger partial charge in [0.1, 0.15) is 0 Å². The fraction of sp³-hybridized carbons (Fsp3) is 0. The molecule has 1 aromatic heterocycles. The summed E-state index contributed by atoms with van der Waals surface area (Å²) >= 11 is 1.87. The first-order valence-corrected chi connectivity index (χ1v) is 19.6. The fourth-order valence-electron chi connectivity index (χ4n) is 8.29. The molecule has 0 unspecified atom stereocenters. The van der Waals surface area contributed by atoms with E-state index in [2.05, 4.69) is 210 Å². The number of hydrogen-bond acceptors (Lipinski definition) is 2. The summed E-state index contributed by atoms with van der Waals surface area (Å²) in [6.45, 7) is 0. The van der Waals surface area contributed by atoms with Crippen molar-refractivity contribution < 1.29 is 0 Å². The number of rotatable bonds is 6. The zero-order chi connectivity index (χ0) is 36.3. The molecule has 2 heterocycles. The van der Waals surface area contributed by atoms with Crippen molar-refractivity contribution in [3.05, 3.63) is 200 Å². The summed E-state index contributed by atoms with van der Waals surface area (Å²) < 4.78 is 2.42. The molecule has 1 aliphatic heterocycles. The molecule has 1 N–H and O–H groups in total. The maximum absolute atomic E-state index is 3.83. The summed E-state index contributed by atoms with van der Waals surface area (Å²) in [4.78, 5) is 2.51. The molecule has 0 fully saturated rings. The molecule has 0 spiro atoms. The molecule has 3 heteroatoms. The summed E-state index contributed by atoms with van der Waals surface area (Å²) in [7, 11) is 0. The van der Waals surface area contributed by atoms with Crippen LogP contribution < -0.4 is 5.32 Å². The predicted octanol–water partition coefficient (Wildman–Crippen LogP) is 14.8. The smallest absolute Gasteiger partial charge is 0.0675 e. The van der Waals surface area contributed by atoms with Crippen LogP contribution in [0.4, 0.5) is 11.4 Å². The van der Waals surface area contributed by atoms with Crippen LogP contribution in [0.2, 0.25) is 0 Å². The van der Waals surface area contributed by atoms with E-state index in [1.54, 1.807) is 0 Å². The molecule has 0 atom stereocenters. The summed E-state index contributed by atoms with van der Waals surface area (Å²) in [5.41, 5.74) is 14.2. The van der Waals surface area contributed by atoms with Crippen molar-refractivity contribution in [1.29, 1.82) is 0 Å². The van der Waals surface area contributed by atoms with Gasteiger partial charge in [0.05, 0.1) is 11.2 Å². The molecule has 0 amide bonds. The lowest BCUT2D eigenvalue weighted by molar-refractivity contribution is 1.05. The van der Waals surface area contributed by atoms with Crippen LogP contribution in [0.25, 0.3) is 82.6 Å².